The number of hydrogen-bond acceptors (Lipinski definition) is 5. The SMILES string of the molecule is CN=C(NCC(c1ccco1)N1CCCCC1)N1CCC(N2CCOCC2)C1.I. The summed E-state index contributed by atoms with van der Waals surface area (Å²) in [7, 11) is 1.90. The summed E-state index contributed by atoms with van der Waals surface area (Å²) in [4.78, 5) is 12.1. The maximum atomic E-state index is 5.78. The normalized spacial score (nSPS) is 25.6. The zero-order valence-electron chi connectivity index (χ0n) is 17.6. The van der Waals surface area contributed by atoms with Gasteiger partial charge >= 0.3 is 0 Å². The van der Waals surface area contributed by atoms with Gasteiger partial charge < -0.3 is 19.4 Å². The van der Waals surface area contributed by atoms with E-state index in [0.717, 1.165) is 70.7 Å². The summed E-state index contributed by atoms with van der Waals surface area (Å²) in [5.74, 6) is 2.07. The van der Waals surface area contributed by atoms with Gasteiger partial charge in [-0.05, 0) is 44.5 Å². The number of morpholine rings is 1. The van der Waals surface area contributed by atoms with Gasteiger partial charge in [0.2, 0.25) is 0 Å². The molecule has 0 aromatic carbocycles. The van der Waals surface area contributed by atoms with Crippen molar-refractivity contribution in [3.63, 3.8) is 0 Å². The van der Waals surface area contributed by atoms with E-state index in [-0.39, 0.29) is 30.0 Å². The van der Waals surface area contributed by atoms with Gasteiger partial charge in [-0.1, -0.05) is 6.42 Å². The number of hydrogen-bond donors (Lipinski definition) is 1. The summed E-state index contributed by atoms with van der Waals surface area (Å²) in [6, 6.07) is 4.98. The fourth-order valence-corrected chi connectivity index (χ4v) is 4.82. The number of guanidine groups is 1. The number of nitrogens with zero attached hydrogens (tertiary/aromatic N) is 4. The summed E-state index contributed by atoms with van der Waals surface area (Å²) in [6.45, 7) is 9.09. The molecule has 0 amide bonds. The number of ether oxygens (including phenoxy) is 1. The highest BCUT2D eigenvalue weighted by Gasteiger charge is 2.31. The van der Waals surface area contributed by atoms with Crippen LogP contribution in [0.25, 0.3) is 0 Å². The van der Waals surface area contributed by atoms with Crippen LogP contribution in [0.1, 0.15) is 37.5 Å². The van der Waals surface area contributed by atoms with Gasteiger partial charge in [-0.2, -0.15) is 0 Å². The van der Waals surface area contributed by atoms with Gasteiger partial charge in [0.25, 0.3) is 0 Å². The molecule has 0 bridgehead atoms. The lowest BCUT2D eigenvalue weighted by Gasteiger charge is -2.34. The average Bonchev–Trinajstić information content (AvgIpc) is 3.45. The van der Waals surface area contributed by atoms with Crippen LogP contribution in [0.5, 0.6) is 0 Å². The maximum absolute atomic E-state index is 5.78. The Hall–Kier alpha value is -0.840. The molecule has 0 spiro atoms. The highest BCUT2D eigenvalue weighted by atomic mass is 127. The van der Waals surface area contributed by atoms with Crippen molar-refractivity contribution in [1.82, 2.24) is 20.0 Å². The third-order valence-electron chi connectivity index (χ3n) is 6.39. The van der Waals surface area contributed by atoms with Gasteiger partial charge in [0.1, 0.15) is 5.76 Å². The Kier molecular flexibility index (Phi) is 9.08. The quantitative estimate of drug-likeness (QED) is 0.368. The Balaban J connectivity index is 0.00000240. The highest BCUT2D eigenvalue weighted by molar-refractivity contribution is 14.0. The number of piperidine rings is 1. The molecule has 0 aliphatic carbocycles. The molecule has 2 atom stereocenters. The monoisotopic (exact) mass is 517 g/mol. The second-order valence-corrected chi connectivity index (χ2v) is 8.09. The molecule has 3 fully saturated rings. The van der Waals surface area contributed by atoms with E-state index in [2.05, 4.69) is 31.1 Å². The van der Waals surface area contributed by atoms with Crippen molar-refractivity contribution >= 4 is 29.9 Å². The molecule has 4 rings (SSSR count). The Labute approximate surface area is 191 Å². The standard InChI is InChI=1S/C21H35N5O2.HI/c1-22-21(26-10-7-18(17-26)24-11-14-27-15-12-24)23-16-19(20-6-5-13-28-20)25-8-3-2-4-9-25;/h5-6,13,18-19H,2-4,7-12,14-17H2,1H3,(H,22,23);1H. The van der Waals surface area contributed by atoms with Crippen LogP contribution in [0.2, 0.25) is 0 Å². The molecule has 1 aromatic heterocycles. The zero-order valence-corrected chi connectivity index (χ0v) is 19.9. The molecule has 2 unspecified atom stereocenters. The molecule has 29 heavy (non-hydrogen) atoms. The summed E-state index contributed by atoms with van der Waals surface area (Å²) < 4.78 is 11.3. The number of aliphatic imine (C=N–C) groups is 1. The lowest BCUT2D eigenvalue weighted by molar-refractivity contribution is 0.0194. The first-order chi connectivity index (χ1) is 13.8. The van der Waals surface area contributed by atoms with E-state index in [1.54, 1.807) is 6.26 Å². The maximum Gasteiger partial charge on any atom is 0.193 e. The lowest BCUT2D eigenvalue weighted by Crippen LogP contribution is -2.48. The van der Waals surface area contributed by atoms with E-state index in [4.69, 9.17) is 9.15 Å². The van der Waals surface area contributed by atoms with Crippen molar-refractivity contribution in [2.45, 2.75) is 37.8 Å². The van der Waals surface area contributed by atoms with E-state index < -0.39 is 0 Å². The number of furan rings is 1. The van der Waals surface area contributed by atoms with Crippen LogP contribution in [0.15, 0.2) is 27.8 Å². The van der Waals surface area contributed by atoms with Crippen molar-refractivity contribution < 1.29 is 9.15 Å². The summed E-state index contributed by atoms with van der Waals surface area (Å²) >= 11 is 0. The fourth-order valence-electron chi connectivity index (χ4n) is 4.82. The summed E-state index contributed by atoms with van der Waals surface area (Å²) in [5, 5.41) is 3.65. The third kappa shape index (κ3) is 5.86. The van der Waals surface area contributed by atoms with Gasteiger partial charge in [0.15, 0.2) is 5.96 Å². The fraction of sp³-hybridized carbons (Fsp3) is 0.762. The van der Waals surface area contributed by atoms with Crippen LogP contribution < -0.4 is 5.32 Å². The highest BCUT2D eigenvalue weighted by Crippen LogP contribution is 2.25. The first kappa shape index (κ1) is 22.8. The van der Waals surface area contributed by atoms with Crippen molar-refractivity contribution in [2.75, 3.05) is 66.1 Å². The second kappa shape index (κ2) is 11.5. The van der Waals surface area contributed by atoms with Crippen LogP contribution >= 0.6 is 24.0 Å². The van der Waals surface area contributed by atoms with Gasteiger partial charge in [-0.15, -0.1) is 24.0 Å². The predicted molar refractivity (Wildman–Crippen MR) is 126 cm³/mol. The van der Waals surface area contributed by atoms with Crippen molar-refractivity contribution in [3.8, 4) is 0 Å². The number of likely N-dealkylation sites (tertiary alicyclic amines) is 2. The van der Waals surface area contributed by atoms with E-state index in [1.165, 1.54) is 25.7 Å². The summed E-state index contributed by atoms with van der Waals surface area (Å²) in [6.07, 6.45) is 6.88. The largest absolute Gasteiger partial charge is 0.468 e. The van der Waals surface area contributed by atoms with E-state index in [1.807, 2.05) is 13.1 Å². The molecule has 3 aliphatic heterocycles. The average molecular weight is 517 g/mol. The van der Waals surface area contributed by atoms with Crippen molar-refractivity contribution in [2.24, 2.45) is 4.99 Å². The van der Waals surface area contributed by atoms with Crippen LogP contribution in [0.3, 0.4) is 0 Å². The van der Waals surface area contributed by atoms with Crippen molar-refractivity contribution in [3.05, 3.63) is 24.2 Å². The molecule has 1 N–H and O–H groups in total. The molecular weight excluding hydrogens is 481 g/mol. The molecule has 4 heterocycles. The number of halogens is 1. The predicted octanol–water partition coefficient (Wildman–Crippen LogP) is 2.41. The zero-order chi connectivity index (χ0) is 19.2. The molecular formula is C21H36IN5O2. The smallest absolute Gasteiger partial charge is 0.193 e. The van der Waals surface area contributed by atoms with Gasteiger partial charge in [0.05, 0.1) is 25.5 Å². The van der Waals surface area contributed by atoms with Gasteiger partial charge in [0, 0.05) is 45.8 Å². The number of rotatable bonds is 5. The van der Waals surface area contributed by atoms with Gasteiger partial charge in [-0.3, -0.25) is 14.8 Å². The molecule has 3 aliphatic rings. The van der Waals surface area contributed by atoms with E-state index in [0.29, 0.717) is 6.04 Å². The molecule has 1 aromatic rings. The molecule has 3 saturated heterocycles. The van der Waals surface area contributed by atoms with E-state index >= 15 is 0 Å². The topological polar surface area (TPSA) is 56.5 Å². The molecule has 8 heteroatoms. The molecule has 0 radical (unpaired) electrons. The van der Waals surface area contributed by atoms with Crippen LogP contribution in [0, 0.1) is 0 Å². The molecule has 7 nitrogen and oxygen atoms in total. The Morgan fingerprint density at radius 3 is 2.66 bits per heavy atom. The van der Waals surface area contributed by atoms with Crippen LogP contribution in [0.4, 0.5) is 0 Å². The molecule has 0 saturated carbocycles. The Morgan fingerprint density at radius 2 is 1.97 bits per heavy atom. The van der Waals surface area contributed by atoms with Crippen molar-refractivity contribution in [1.29, 1.82) is 0 Å². The van der Waals surface area contributed by atoms with Gasteiger partial charge in [-0.25, -0.2) is 0 Å². The summed E-state index contributed by atoms with van der Waals surface area (Å²) in [5.41, 5.74) is 0. The van der Waals surface area contributed by atoms with Crippen LogP contribution in [-0.2, 0) is 4.74 Å². The third-order valence-corrected chi connectivity index (χ3v) is 6.39. The Morgan fingerprint density at radius 1 is 1.17 bits per heavy atom. The minimum absolute atomic E-state index is 0. The van der Waals surface area contributed by atoms with Crippen LogP contribution in [-0.4, -0.2) is 92.8 Å². The first-order valence-corrected chi connectivity index (χ1v) is 10.9. The second-order valence-electron chi connectivity index (χ2n) is 8.09. The van der Waals surface area contributed by atoms with E-state index in [9.17, 15) is 0 Å². The minimum Gasteiger partial charge on any atom is -0.468 e. The first-order valence-electron chi connectivity index (χ1n) is 10.9. The number of nitrogens with one attached hydrogen (secondary N) is 1. The Bertz CT molecular complexity index is 615. The minimum atomic E-state index is 0. The molecule has 164 valence electrons. The lowest BCUT2D eigenvalue weighted by atomic mass is 10.1.